The third-order valence-electron chi connectivity index (χ3n) is 5.89. The Hall–Kier alpha value is -3.43. The summed E-state index contributed by atoms with van der Waals surface area (Å²) in [6.45, 7) is -0.568. The number of carboxylic acids is 1. The highest BCUT2D eigenvalue weighted by Gasteiger charge is 2.45. The van der Waals surface area contributed by atoms with Crippen molar-refractivity contribution < 1.29 is 47.9 Å². The fourth-order valence-electron chi connectivity index (χ4n) is 4.06. The highest BCUT2D eigenvalue weighted by atomic mass is 19.2. The number of hydrogen-bond donors (Lipinski definition) is 4. The van der Waals surface area contributed by atoms with Gasteiger partial charge in [0.25, 0.3) is 0 Å². The molecule has 0 bridgehead atoms. The fourth-order valence-corrected chi connectivity index (χ4v) is 4.06. The van der Waals surface area contributed by atoms with Crippen molar-refractivity contribution in [1.29, 1.82) is 0 Å². The van der Waals surface area contributed by atoms with E-state index < -0.39 is 66.6 Å². The minimum atomic E-state index is -1.75. The van der Waals surface area contributed by atoms with Crippen LogP contribution in [0.2, 0.25) is 0 Å². The van der Waals surface area contributed by atoms with Crippen molar-refractivity contribution in [3.63, 3.8) is 0 Å². The van der Waals surface area contributed by atoms with Crippen molar-refractivity contribution in [2.45, 2.75) is 49.6 Å². The number of hydrogen-bond acceptors (Lipinski definition) is 9. The van der Waals surface area contributed by atoms with Gasteiger partial charge in [0.2, 0.25) is 0 Å². The number of ether oxygens (including phenoxy) is 2. The molecule has 0 spiro atoms. The van der Waals surface area contributed by atoms with Crippen LogP contribution in [0, 0.1) is 17.5 Å². The van der Waals surface area contributed by atoms with Crippen LogP contribution in [-0.4, -0.2) is 83.5 Å². The second-order valence-electron chi connectivity index (χ2n) is 8.50. The molecule has 198 valence electrons. The molecule has 2 aromatic heterocycles. The summed E-state index contributed by atoms with van der Waals surface area (Å²) in [4.78, 5) is 15.9. The van der Waals surface area contributed by atoms with Crippen molar-refractivity contribution >= 4 is 5.97 Å². The van der Waals surface area contributed by atoms with E-state index in [2.05, 4.69) is 15.3 Å². The molecule has 1 aliphatic heterocycles. The minimum Gasteiger partial charge on any atom is -0.479 e. The van der Waals surface area contributed by atoms with Gasteiger partial charge in [-0.3, -0.25) is 4.98 Å². The Balaban J connectivity index is 1.64. The molecule has 1 saturated heterocycles. The Morgan fingerprint density at radius 1 is 1.16 bits per heavy atom. The second kappa shape index (κ2) is 11.3. The third-order valence-corrected chi connectivity index (χ3v) is 5.89. The standard InChI is InChI=1S/C23H23F3N4O7/c24-14-5-12(6-15(25)18(14)26)16-8-30(29-28-16)19-17(32)7-13(31)10-37-21(20(19)33)22(23(34)35)36-9-11-1-3-27-4-2-11/h1-6,8,13,17,19-22,31-33H,7,9-10H2,(H,34,35)/t13?,17-,19?,20?,21+,22-/m0/s1. The Bertz CT molecular complexity index is 1210. The highest BCUT2D eigenvalue weighted by molar-refractivity contribution is 5.73. The van der Waals surface area contributed by atoms with Gasteiger partial charge in [0.1, 0.15) is 23.9 Å². The molecule has 11 nitrogen and oxygen atoms in total. The molecule has 3 aromatic rings. The molecule has 1 fully saturated rings. The molecule has 14 heteroatoms. The fraction of sp³-hybridized carbons (Fsp3) is 0.391. The molecule has 0 aliphatic carbocycles. The van der Waals surface area contributed by atoms with E-state index >= 15 is 0 Å². The first-order chi connectivity index (χ1) is 17.7. The minimum absolute atomic E-state index is 0.124. The van der Waals surface area contributed by atoms with Gasteiger partial charge in [0.15, 0.2) is 23.6 Å². The number of carboxylic acid groups (broad SMARTS) is 1. The lowest BCUT2D eigenvalue weighted by molar-refractivity contribution is -0.193. The summed E-state index contributed by atoms with van der Waals surface area (Å²) in [6, 6.07) is 3.18. The van der Waals surface area contributed by atoms with Gasteiger partial charge in [-0.05, 0) is 29.8 Å². The Morgan fingerprint density at radius 2 is 1.84 bits per heavy atom. The van der Waals surface area contributed by atoms with Gasteiger partial charge in [0.05, 0.1) is 31.6 Å². The predicted molar refractivity (Wildman–Crippen MR) is 117 cm³/mol. The van der Waals surface area contributed by atoms with Gasteiger partial charge < -0.3 is 29.9 Å². The molecule has 37 heavy (non-hydrogen) atoms. The number of nitrogens with zero attached hydrogens (tertiary/aromatic N) is 4. The van der Waals surface area contributed by atoms with Crippen LogP contribution in [-0.2, 0) is 20.9 Å². The van der Waals surface area contributed by atoms with Crippen LogP contribution in [0.5, 0.6) is 0 Å². The average molecular weight is 524 g/mol. The molecule has 4 N–H and O–H groups in total. The summed E-state index contributed by atoms with van der Waals surface area (Å²) in [7, 11) is 0. The zero-order valence-corrected chi connectivity index (χ0v) is 19.1. The topological polar surface area (TPSA) is 160 Å². The van der Waals surface area contributed by atoms with Crippen LogP contribution >= 0.6 is 0 Å². The number of aliphatic hydroxyl groups excluding tert-OH is 3. The third kappa shape index (κ3) is 5.94. The summed E-state index contributed by atoms with van der Waals surface area (Å²) in [5, 5.41) is 49.6. The highest BCUT2D eigenvalue weighted by Crippen LogP contribution is 2.30. The van der Waals surface area contributed by atoms with Gasteiger partial charge in [-0.25, -0.2) is 22.6 Å². The van der Waals surface area contributed by atoms with Crippen LogP contribution in [0.25, 0.3) is 11.3 Å². The second-order valence-corrected chi connectivity index (χ2v) is 8.50. The van der Waals surface area contributed by atoms with Gasteiger partial charge >= 0.3 is 5.97 Å². The lowest BCUT2D eigenvalue weighted by Crippen LogP contribution is -2.54. The normalized spacial score (nSPS) is 25.3. The summed E-state index contributed by atoms with van der Waals surface area (Å²) in [5.41, 5.74) is 0.299. The summed E-state index contributed by atoms with van der Waals surface area (Å²) < 4.78 is 52.7. The number of aliphatic hydroxyl groups is 3. The smallest absolute Gasteiger partial charge is 0.335 e. The van der Waals surface area contributed by atoms with Crippen molar-refractivity contribution in [2.24, 2.45) is 0 Å². The Labute approximate surface area is 207 Å². The average Bonchev–Trinajstić information content (AvgIpc) is 3.33. The first-order valence-electron chi connectivity index (χ1n) is 11.1. The Kier molecular flexibility index (Phi) is 8.14. The number of rotatable bonds is 7. The number of aromatic nitrogens is 4. The van der Waals surface area contributed by atoms with Crippen molar-refractivity contribution in [3.05, 3.63) is 65.9 Å². The van der Waals surface area contributed by atoms with Gasteiger partial charge in [-0.1, -0.05) is 5.21 Å². The monoisotopic (exact) mass is 524 g/mol. The van der Waals surface area contributed by atoms with Crippen molar-refractivity contribution in [1.82, 2.24) is 20.0 Å². The number of pyridine rings is 1. The summed E-state index contributed by atoms with van der Waals surface area (Å²) in [6.07, 6.45) is -3.95. The number of benzene rings is 1. The molecule has 1 aromatic carbocycles. The number of halogens is 3. The molecule has 0 radical (unpaired) electrons. The van der Waals surface area contributed by atoms with Crippen molar-refractivity contribution in [2.75, 3.05) is 6.61 Å². The summed E-state index contributed by atoms with van der Waals surface area (Å²) in [5.74, 6) is -6.05. The largest absolute Gasteiger partial charge is 0.479 e. The van der Waals surface area contributed by atoms with E-state index in [1.807, 2.05) is 0 Å². The first-order valence-corrected chi connectivity index (χ1v) is 11.1. The van der Waals surface area contributed by atoms with E-state index in [1.54, 1.807) is 12.1 Å². The van der Waals surface area contributed by atoms with E-state index in [-0.39, 0.29) is 24.3 Å². The van der Waals surface area contributed by atoms with Crippen LogP contribution in [0.1, 0.15) is 18.0 Å². The Morgan fingerprint density at radius 3 is 2.49 bits per heavy atom. The molecule has 0 saturated carbocycles. The first kappa shape index (κ1) is 26.6. The maximum absolute atomic E-state index is 13.7. The van der Waals surface area contributed by atoms with Crippen LogP contribution in [0.3, 0.4) is 0 Å². The van der Waals surface area contributed by atoms with Crippen LogP contribution in [0.15, 0.2) is 42.9 Å². The maximum Gasteiger partial charge on any atom is 0.335 e. The molecule has 6 atom stereocenters. The lowest BCUT2D eigenvalue weighted by Gasteiger charge is -2.38. The SMILES string of the molecule is O=C(O)[C@@H](OCc1ccncc1)[C@@H]1OCC(O)C[C@H](O)C(n2cc(-c3cc(F)c(F)c(F)c3)nn2)C1O. The van der Waals surface area contributed by atoms with Crippen LogP contribution < -0.4 is 0 Å². The van der Waals surface area contributed by atoms with E-state index in [1.165, 1.54) is 12.4 Å². The molecular weight excluding hydrogens is 501 g/mol. The molecule has 0 amide bonds. The van der Waals surface area contributed by atoms with Gasteiger partial charge in [0, 0.05) is 24.4 Å². The number of aliphatic carboxylic acids is 1. The molecular formula is C23H23F3N4O7. The predicted octanol–water partition coefficient (Wildman–Crippen LogP) is 0.840. The van der Waals surface area contributed by atoms with Gasteiger partial charge in [-0.15, -0.1) is 5.10 Å². The molecule has 3 unspecified atom stereocenters. The molecule has 3 heterocycles. The zero-order chi connectivity index (χ0) is 26.7. The quantitative estimate of drug-likeness (QED) is 0.326. The maximum atomic E-state index is 13.7. The summed E-state index contributed by atoms with van der Waals surface area (Å²) >= 11 is 0. The van der Waals surface area contributed by atoms with E-state index in [0.29, 0.717) is 17.7 Å². The lowest BCUT2D eigenvalue weighted by atomic mass is 9.92. The van der Waals surface area contributed by atoms with E-state index in [9.17, 15) is 38.4 Å². The number of carbonyl (C=O) groups is 1. The molecule has 4 rings (SSSR count). The molecule has 1 aliphatic rings. The zero-order valence-electron chi connectivity index (χ0n) is 19.1. The van der Waals surface area contributed by atoms with E-state index in [0.717, 1.165) is 10.9 Å². The van der Waals surface area contributed by atoms with Crippen molar-refractivity contribution in [3.8, 4) is 11.3 Å². The van der Waals surface area contributed by atoms with Gasteiger partial charge in [-0.2, -0.15) is 0 Å². The van der Waals surface area contributed by atoms with Crippen LogP contribution in [0.4, 0.5) is 13.2 Å². The van der Waals surface area contributed by atoms with E-state index in [4.69, 9.17) is 9.47 Å².